The van der Waals surface area contributed by atoms with Crippen molar-refractivity contribution in [3.8, 4) is 0 Å². The first-order valence-corrected chi connectivity index (χ1v) is 8.70. The summed E-state index contributed by atoms with van der Waals surface area (Å²) in [6.07, 6.45) is 10.5. The van der Waals surface area contributed by atoms with Crippen LogP contribution in [-0.4, -0.2) is 41.1 Å². The minimum atomic E-state index is 0.522. The molecule has 0 bridgehead atoms. The Hall–Kier alpha value is -0.870. The normalized spacial score (nSPS) is 24.1. The fraction of sp³-hybridized carbons (Fsp3) is 0.824. The topological polar surface area (TPSA) is 33.1 Å². The van der Waals surface area contributed by atoms with Crippen LogP contribution in [0.5, 0.6) is 0 Å². The maximum atomic E-state index is 4.45. The van der Waals surface area contributed by atoms with Crippen LogP contribution in [0, 0.1) is 5.92 Å². The molecule has 2 atom stereocenters. The van der Waals surface area contributed by atoms with Gasteiger partial charge in [-0.15, -0.1) is 0 Å². The lowest BCUT2D eigenvalue weighted by atomic mass is 9.92. The highest BCUT2D eigenvalue weighted by Crippen LogP contribution is 2.35. The average Bonchev–Trinajstić information content (AvgIpc) is 2.83. The second-order valence-electron chi connectivity index (χ2n) is 6.31. The third kappa shape index (κ3) is 4.07. The number of hydrogen-bond acceptors (Lipinski definition) is 3. The highest BCUT2D eigenvalue weighted by Gasteiger charge is 2.32. The van der Waals surface area contributed by atoms with Crippen LogP contribution < -0.4 is 5.32 Å². The third-order valence-electron chi connectivity index (χ3n) is 4.60. The molecule has 2 heterocycles. The highest BCUT2D eigenvalue weighted by atomic mass is 15.2. The lowest BCUT2D eigenvalue weighted by Crippen LogP contribution is -2.38. The van der Waals surface area contributed by atoms with Crippen molar-refractivity contribution >= 4 is 0 Å². The quantitative estimate of drug-likeness (QED) is 0.838. The molecule has 1 aliphatic rings. The predicted molar refractivity (Wildman–Crippen MR) is 88.4 cm³/mol. The molecule has 2 unspecified atom stereocenters. The van der Waals surface area contributed by atoms with Gasteiger partial charge in [0.1, 0.15) is 0 Å². The van der Waals surface area contributed by atoms with Crippen molar-refractivity contribution in [2.45, 2.75) is 58.5 Å². The molecule has 120 valence electrons. The van der Waals surface area contributed by atoms with Crippen molar-refractivity contribution in [3.05, 3.63) is 18.2 Å². The van der Waals surface area contributed by atoms with Gasteiger partial charge in [0.25, 0.3) is 0 Å². The van der Waals surface area contributed by atoms with Crippen LogP contribution >= 0.6 is 0 Å². The Morgan fingerprint density at radius 1 is 1.24 bits per heavy atom. The zero-order chi connectivity index (χ0) is 15.1. The van der Waals surface area contributed by atoms with Gasteiger partial charge in [-0.1, -0.05) is 20.3 Å². The van der Waals surface area contributed by atoms with Gasteiger partial charge in [0, 0.05) is 12.7 Å². The highest BCUT2D eigenvalue weighted by molar-refractivity contribution is 5.09. The first kappa shape index (κ1) is 16.5. The largest absolute Gasteiger partial charge is 0.333 e. The fourth-order valence-electron chi connectivity index (χ4n) is 3.76. The number of rotatable bonds is 7. The summed E-state index contributed by atoms with van der Waals surface area (Å²) < 4.78 is 2.38. The molecule has 1 fully saturated rings. The van der Waals surface area contributed by atoms with E-state index in [4.69, 9.17) is 0 Å². The molecular weight excluding hydrogens is 260 g/mol. The number of nitrogens with zero attached hydrogens (tertiary/aromatic N) is 3. The van der Waals surface area contributed by atoms with Gasteiger partial charge in [-0.2, -0.15) is 0 Å². The summed E-state index contributed by atoms with van der Waals surface area (Å²) in [6, 6.07) is 0.522. The Morgan fingerprint density at radius 3 is 2.76 bits per heavy atom. The molecule has 0 spiro atoms. The number of likely N-dealkylation sites (tertiary alicyclic amines) is 1. The molecule has 1 saturated heterocycles. The lowest BCUT2D eigenvalue weighted by molar-refractivity contribution is 0.147. The minimum Gasteiger partial charge on any atom is -0.333 e. The van der Waals surface area contributed by atoms with Gasteiger partial charge in [0.15, 0.2) is 0 Å². The first-order valence-electron chi connectivity index (χ1n) is 8.70. The maximum absolute atomic E-state index is 4.45. The smallest absolute Gasteiger partial charge is 0.0948 e. The molecule has 0 radical (unpaired) electrons. The molecule has 4 heteroatoms. The molecule has 1 aromatic heterocycles. The molecular formula is C17H32N4. The van der Waals surface area contributed by atoms with Crippen LogP contribution in [-0.2, 0) is 6.54 Å². The average molecular weight is 292 g/mol. The molecule has 1 aliphatic heterocycles. The number of imidazole rings is 1. The molecule has 21 heavy (non-hydrogen) atoms. The van der Waals surface area contributed by atoms with Gasteiger partial charge in [0.05, 0.1) is 18.1 Å². The molecule has 4 nitrogen and oxygen atoms in total. The van der Waals surface area contributed by atoms with Crippen molar-refractivity contribution < 1.29 is 0 Å². The van der Waals surface area contributed by atoms with Crippen molar-refractivity contribution in [2.24, 2.45) is 5.92 Å². The molecule has 1 aromatic rings. The van der Waals surface area contributed by atoms with Crippen molar-refractivity contribution in [2.75, 3.05) is 26.7 Å². The van der Waals surface area contributed by atoms with E-state index in [1.165, 1.54) is 50.9 Å². The summed E-state index contributed by atoms with van der Waals surface area (Å²) in [5, 5.41) is 3.41. The predicted octanol–water partition coefficient (Wildman–Crippen LogP) is 3.07. The summed E-state index contributed by atoms with van der Waals surface area (Å²) in [4.78, 5) is 7.16. The number of nitrogens with one attached hydrogen (secondary N) is 1. The van der Waals surface area contributed by atoms with Gasteiger partial charge in [0.2, 0.25) is 0 Å². The second-order valence-corrected chi connectivity index (χ2v) is 6.31. The summed E-state index contributed by atoms with van der Waals surface area (Å²) >= 11 is 0. The Balaban J connectivity index is 2.30. The second kappa shape index (κ2) is 8.54. The minimum absolute atomic E-state index is 0.522. The molecule has 0 saturated carbocycles. The molecule has 0 aromatic carbocycles. The van der Waals surface area contributed by atoms with E-state index in [9.17, 15) is 0 Å². The fourth-order valence-corrected chi connectivity index (χ4v) is 3.76. The van der Waals surface area contributed by atoms with Crippen LogP contribution in [0.4, 0.5) is 0 Å². The molecule has 0 aliphatic carbocycles. The van der Waals surface area contributed by atoms with Crippen LogP contribution in [0.1, 0.15) is 57.7 Å². The van der Waals surface area contributed by atoms with Gasteiger partial charge >= 0.3 is 0 Å². The summed E-state index contributed by atoms with van der Waals surface area (Å²) in [7, 11) is 2.08. The van der Waals surface area contributed by atoms with Crippen LogP contribution in [0.2, 0.25) is 0 Å². The Labute approximate surface area is 129 Å². The summed E-state index contributed by atoms with van der Waals surface area (Å²) in [5.41, 5.74) is 1.42. The van der Waals surface area contributed by atoms with Gasteiger partial charge < -0.3 is 9.88 Å². The zero-order valence-corrected chi connectivity index (χ0v) is 14.0. The number of aryl methyl sites for hydroxylation is 1. The van der Waals surface area contributed by atoms with Gasteiger partial charge in [-0.05, 0) is 58.3 Å². The van der Waals surface area contributed by atoms with Crippen molar-refractivity contribution in [1.29, 1.82) is 0 Å². The van der Waals surface area contributed by atoms with Crippen LogP contribution in [0.25, 0.3) is 0 Å². The lowest BCUT2D eigenvalue weighted by Gasteiger charge is -2.35. The SMILES string of the molecule is CCCN1CCCCC(CNC)C1c1cncn1CCC. The van der Waals surface area contributed by atoms with Crippen molar-refractivity contribution in [1.82, 2.24) is 19.8 Å². The van der Waals surface area contributed by atoms with E-state index in [0.717, 1.165) is 13.1 Å². The standard InChI is InChI=1S/C17H32N4/c1-4-9-20-11-7-6-8-15(12-18-3)17(20)16-13-19-14-21(16)10-5-2/h13-15,17-18H,4-12H2,1-3H3. The van der Waals surface area contributed by atoms with E-state index < -0.39 is 0 Å². The molecule has 1 N–H and O–H groups in total. The first-order chi connectivity index (χ1) is 10.3. The zero-order valence-electron chi connectivity index (χ0n) is 14.0. The Morgan fingerprint density at radius 2 is 2.05 bits per heavy atom. The van der Waals surface area contributed by atoms with Gasteiger partial charge in [-0.3, -0.25) is 4.90 Å². The van der Waals surface area contributed by atoms with Crippen LogP contribution in [0.3, 0.4) is 0 Å². The monoisotopic (exact) mass is 292 g/mol. The van der Waals surface area contributed by atoms with Gasteiger partial charge in [-0.25, -0.2) is 4.98 Å². The van der Waals surface area contributed by atoms with Crippen LogP contribution in [0.15, 0.2) is 12.5 Å². The van der Waals surface area contributed by atoms with E-state index in [-0.39, 0.29) is 0 Å². The van der Waals surface area contributed by atoms with E-state index in [1.807, 2.05) is 6.33 Å². The Kier molecular flexibility index (Phi) is 6.71. The molecule has 0 amide bonds. The van der Waals surface area contributed by atoms with Crippen molar-refractivity contribution in [3.63, 3.8) is 0 Å². The maximum Gasteiger partial charge on any atom is 0.0948 e. The Bertz CT molecular complexity index is 385. The number of hydrogen-bond donors (Lipinski definition) is 1. The molecule has 2 rings (SSSR count). The van der Waals surface area contributed by atoms with E-state index in [1.54, 1.807) is 0 Å². The van der Waals surface area contributed by atoms with E-state index in [2.05, 4.69) is 46.9 Å². The van der Waals surface area contributed by atoms with E-state index >= 15 is 0 Å². The third-order valence-corrected chi connectivity index (χ3v) is 4.60. The number of aromatic nitrogens is 2. The summed E-state index contributed by atoms with van der Waals surface area (Å²) in [5.74, 6) is 0.691. The van der Waals surface area contributed by atoms with E-state index in [0.29, 0.717) is 12.0 Å². The summed E-state index contributed by atoms with van der Waals surface area (Å²) in [6.45, 7) is 9.14.